The lowest BCUT2D eigenvalue weighted by Crippen LogP contribution is -2.29. The van der Waals surface area contributed by atoms with E-state index in [1.54, 1.807) is 6.07 Å². The van der Waals surface area contributed by atoms with Gasteiger partial charge in [0.2, 0.25) is 0 Å². The van der Waals surface area contributed by atoms with Gasteiger partial charge in [-0.25, -0.2) is 4.98 Å². The van der Waals surface area contributed by atoms with Crippen LogP contribution in [0.25, 0.3) is 5.65 Å². The normalized spacial score (nSPS) is 22.1. The summed E-state index contributed by atoms with van der Waals surface area (Å²) >= 11 is 0. The monoisotopic (exact) mass is 231 g/mol. The van der Waals surface area contributed by atoms with E-state index in [9.17, 15) is 5.11 Å². The smallest absolute Gasteiger partial charge is 0.179 e. The molecule has 3 rings (SSSR count). The molecule has 1 N–H and O–H groups in total. The molecule has 4 nitrogen and oxygen atoms in total. The molecule has 3 heterocycles. The molecule has 0 amide bonds. The van der Waals surface area contributed by atoms with Crippen LogP contribution in [-0.2, 0) is 0 Å². The van der Waals surface area contributed by atoms with Crippen LogP contribution < -0.4 is 0 Å². The third-order valence-corrected chi connectivity index (χ3v) is 3.59. The largest absolute Gasteiger partial charge is 0.504 e. The molecular formula is C13H17N3O. The van der Waals surface area contributed by atoms with Gasteiger partial charge < -0.3 is 9.51 Å². The van der Waals surface area contributed by atoms with E-state index >= 15 is 0 Å². The van der Waals surface area contributed by atoms with Gasteiger partial charge >= 0.3 is 0 Å². The van der Waals surface area contributed by atoms with E-state index in [2.05, 4.69) is 16.9 Å². The number of imidazole rings is 1. The van der Waals surface area contributed by atoms with E-state index in [0.717, 1.165) is 18.7 Å². The molecule has 2 aromatic rings. The van der Waals surface area contributed by atoms with Gasteiger partial charge in [0, 0.05) is 12.4 Å². The van der Waals surface area contributed by atoms with Crippen molar-refractivity contribution in [1.29, 1.82) is 0 Å². The van der Waals surface area contributed by atoms with Gasteiger partial charge in [0.1, 0.15) is 0 Å². The highest BCUT2D eigenvalue weighted by Crippen LogP contribution is 2.30. The summed E-state index contributed by atoms with van der Waals surface area (Å²) in [6, 6.07) is 3.90. The van der Waals surface area contributed by atoms with Crippen molar-refractivity contribution >= 4 is 5.65 Å². The van der Waals surface area contributed by atoms with Crippen LogP contribution in [0.5, 0.6) is 5.75 Å². The average Bonchev–Trinajstić information content (AvgIpc) is 2.75. The zero-order valence-electron chi connectivity index (χ0n) is 10.0. The predicted octanol–water partition coefficient (Wildman–Crippen LogP) is 2.20. The molecular weight excluding hydrogens is 214 g/mol. The van der Waals surface area contributed by atoms with Gasteiger partial charge in [-0.1, -0.05) is 6.42 Å². The number of rotatable bonds is 1. The Morgan fingerprint density at radius 1 is 1.41 bits per heavy atom. The SMILES string of the molecule is CN1CCCCC1c1cn2cccc(O)c2n1. The van der Waals surface area contributed by atoms with Crippen LogP contribution in [0, 0.1) is 0 Å². The summed E-state index contributed by atoms with van der Waals surface area (Å²) in [5.41, 5.74) is 1.72. The molecule has 90 valence electrons. The number of hydrogen-bond acceptors (Lipinski definition) is 3. The third-order valence-electron chi connectivity index (χ3n) is 3.59. The molecule has 1 unspecified atom stereocenters. The van der Waals surface area contributed by atoms with Gasteiger partial charge in [0.05, 0.1) is 11.7 Å². The summed E-state index contributed by atoms with van der Waals surface area (Å²) in [4.78, 5) is 6.91. The summed E-state index contributed by atoms with van der Waals surface area (Å²) in [6.07, 6.45) is 7.64. The minimum absolute atomic E-state index is 0.247. The minimum Gasteiger partial charge on any atom is -0.504 e. The Morgan fingerprint density at radius 3 is 3.06 bits per heavy atom. The quantitative estimate of drug-likeness (QED) is 0.818. The number of fused-ring (bicyclic) bond motifs is 1. The molecule has 0 saturated carbocycles. The molecule has 17 heavy (non-hydrogen) atoms. The number of likely N-dealkylation sites (tertiary alicyclic amines) is 1. The van der Waals surface area contributed by atoms with E-state index in [0.29, 0.717) is 11.7 Å². The molecule has 0 radical (unpaired) electrons. The minimum atomic E-state index is 0.247. The van der Waals surface area contributed by atoms with Crippen LogP contribution in [0.2, 0.25) is 0 Å². The van der Waals surface area contributed by atoms with Crippen molar-refractivity contribution in [2.75, 3.05) is 13.6 Å². The first-order valence-electron chi connectivity index (χ1n) is 6.12. The lowest BCUT2D eigenvalue weighted by atomic mass is 10.0. The van der Waals surface area contributed by atoms with Gasteiger partial charge in [-0.05, 0) is 38.6 Å². The van der Waals surface area contributed by atoms with Crippen LogP contribution in [0.4, 0.5) is 0 Å². The maximum atomic E-state index is 9.75. The van der Waals surface area contributed by atoms with Gasteiger partial charge in [0.25, 0.3) is 0 Å². The Hall–Kier alpha value is -1.55. The van der Waals surface area contributed by atoms with Gasteiger partial charge in [-0.15, -0.1) is 0 Å². The van der Waals surface area contributed by atoms with Crippen molar-refractivity contribution in [1.82, 2.24) is 14.3 Å². The molecule has 0 spiro atoms. The summed E-state index contributed by atoms with van der Waals surface area (Å²) in [5, 5.41) is 9.75. The topological polar surface area (TPSA) is 40.8 Å². The number of hydrogen-bond donors (Lipinski definition) is 1. The Labute approximate surface area is 101 Å². The van der Waals surface area contributed by atoms with Crippen molar-refractivity contribution in [2.45, 2.75) is 25.3 Å². The zero-order chi connectivity index (χ0) is 11.8. The van der Waals surface area contributed by atoms with Gasteiger partial charge in [-0.2, -0.15) is 0 Å². The number of pyridine rings is 1. The van der Waals surface area contributed by atoms with Crippen molar-refractivity contribution in [3.8, 4) is 5.75 Å². The maximum absolute atomic E-state index is 9.75. The molecule has 1 fully saturated rings. The molecule has 1 atom stereocenters. The Kier molecular flexibility index (Phi) is 2.52. The Morgan fingerprint density at radius 2 is 2.29 bits per heavy atom. The Balaban J connectivity index is 2.02. The van der Waals surface area contributed by atoms with Crippen LogP contribution in [-0.4, -0.2) is 33.0 Å². The van der Waals surface area contributed by atoms with Crippen molar-refractivity contribution in [3.63, 3.8) is 0 Å². The second kappa shape index (κ2) is 4.04. The fraction of sp³-hybridized carbons (Fsp3) is 0.462. The average molecular weight is 231 g/mol. The van der Waals surface area contributed by atoms with Crippen molar-refractivity contribution in [2.24, 2.45) is 0 Å². The molecule has 0 aliphatic carbocycles. The molecule has 0 aromatic carbocycles. The molecule has 4 heteroatoms. The highest BCUT2D eigenvalue weighted by molar-refractivity contribution is 5.53. The lowest BCUT2D eigenvalue weighted by Gasteiger charge is -2.31. The first-order chi connectivity index (χ1) is 8.25. The van der Waals surface area contributed by atoms with Gasteiger partial charge in [0.15, 0.2) is 11.4 Å². The van der Waals surface area contributed by atoms with Crippen LogP contribution in [0.1, 0.15) is 31.0 Å². The molecule has 1 aliphatic heterocycles. The molecule has 2 aromatic heterocycles. The zero-order valence-corrected chi connectivity index (χ0v) is 10.0. The lowest BCUT2D eigenvalue weighted by molar-refractivity contribution is 0.184. The third kappa shape index (κ3) is 1.78. The Bertz CT molecular complexity index is 534. The number of aromatic hydroxyl groups is 1. The maximum Gasteiger partial charge on any atom is 0.179 e. The fourth-order valence-electron chi connectivity index (χ4n) is 2.63. The first-order valence-corrected chi connectivity index (χ1v) is 6.12. The number of nitrogens with zero attached hydrogens (tertiary/aromatic N) is 3. The second-order valence-corrected chi connectivity index (χ2v) is 4.78. The fourth-order valence-corrected chi connectivity index (χ4v) is 2.63. The van der Waals surface area contributed by atoms with Crippen molar-refractivity contribution in [3.05, 3.63) is 30.2 Å². The standard InChI is InChI=1S/C13H17N3O/c1-15-7-3-2-5-11(15)10-9-16-8-4-6-12(17)13(16)14-10/h4,6,8-9,11,17H,2-3,5,7H2,1H3. The van der Waals surface area contributed by atoms with Crippen LogP contribution in [0.15, 0.2) is 24.5 Å². The van der Waals surface area contributed by atoms with Crippen LogP contribution in [0.3, 0.4) is 0 Å². The van der Waals surface area contributed by atoms with E-state index < -0.39 is 0 Å². The molecule has 1 aliphatic rings. The number of piperidine rings is 1. The summed E-state index contributed by atoms with van der Waals surface area (Å²) < 4.78 is 1.90. The summed E-state index contributed by atoms with van der Waals surface area (Å²) in [5.74, 6) is 0.247. The predicted molar refractivity (Wildman–Crippen MR) is 66.1 cm³/mol. The van der Waals surface area contributed by atoms with Gasteiger partial charge in [-0.3, -0.25) is 4.90 Å². The van der Waals surface area contributed by atoms with Crippen molar-refractivity contribution < 1.29 is 5.11 Å². The molecule has 0 bridgehead atoms. The second-order valence-electron chi connectivity index (χ2n) is 4.78. The van der Waals surface area contributed by atoms with E-state index in [-0.39, 0.29) is 5.75 Å². The first kappa shape index (κ1) is 10.6. The van der Waals surface area contributed by atoms with Crippen LogP contribution >= 0.6 is 0 Å². The molecule has 1 saturated heterocycles. The summed E-state index contributed by atoms with van der Waals surface area (Å²) in [7, 11) is 2.15. The number of aromatic nitrogens is 2. The summed E-state index contributed by atoms with van der Waals surface area (Å²) in [6.45, 7) is 1.13. The van der Waals surface area contributed by atoms with E-state index in [1.807, 2.05) is 22.9 Å². The highest BCUT2D eigenvalue weighted by atomic mass is 16.3. The highest BCUT2D eigenvalue weighted by Gasteiger charge is 2.23. The van der Waals surface area contributed by atoms with E-state index in [1.165, 1.54) is 12.8 Å². The van der Waals surface area contributed by atoms with E-state index in [4.69, 9.17) is 0 Å².